The van der Waals surface area contributed by atoms with Crippen molar-refractivity contribution in [2.24, 2.45) is 0 Å². The third-order valence-electron chi connectivity index (χ3n) is 4.58. The van der Waals surface area contributed by atoms with Gasteiger partial charge in [-0.15, -0.1) is 10.2 Å². The predicted octanol–water partition coefficient (Wildman–Crippen LogP) is 4.02. The van der Waals surface area contributed by atoms with Gasteiger partial charge in [-0.2, -0.15) is 13.2 Å². The van der Waals surface area contributed by atoms with Crippen LogP contribution < -0.4 is 0 Å². The Hall–Kier alpha value is -3.08. The highest BCUT2D eigenvalue weighted by Gasteiger charge is 2.36. The predicted molar refractivity (Wildman–Crippen MR) is 107 cm³/mol. The zero-order chi connectivity index (χ0) is 21.8. The Morgan fingerprint density at radius 2 is 1.81 bits per heavy atom. The smallest absolute Gasteiger partial charge is 0.410 e. The quantitative estimate of drug-likeness (QED) is 0.566. The number of carbonyl (C=O) groups excluding carboxylic acids is 1. The van der Waals surface area contributed by atoms with Crippen LogP contribution in [0.1, 0.15) is 5.56 Å². The maximum Gasteiger partial charge on any atom is 0.410 e. The van der Waals surface area contributed by atoms with Crippen molar-refractivity contribution in [1.82, 2.24) is 24.6 Å². The third-order valence-corrected chi connectivity index (χ3v) is 5.72. The summed E-state index contributed by atoms with van der Waals surface area (Å²) in [6.07, 6.45) is -1.90. The van der Waals surface area contributed by atoms with Crippen LogP contribution in [0.5, 0.6) is 0 Å². The molecule has 1 aliphatic rings. The average molecular weight is 449 g/mol. The van der Waals surface area contributed by atoms with E-state index in [0.29, 0.717) is 18.7 Å². The molecular formula is C20H18F3N5O2S. The maximum atomic E-state index is 13.2. The number of aromatic nitrogens is 4. The minimum absolute atomic E-state index is 0.0919. The Morgan fingerprint density at radius 3 is 2.48 bits per heavy atom. The van der Waals surface area contributed by atoms with E-state index < -0.39 is 18.8 Å². The number of nitrogens with zero attached hydrogens (tertiary/aromatic N) is 5. The van der Waals surface area contributed by atoms with Crippen LogP contribution in [0.25, 0.3) is 11.4 Å². The zero-order valence-corrected chi connectivity index (χ0v) is 17.0. The summed E-state index contributed by atoms with van der Waals surface area (Å²) >= 11 is 1.17. The van der Waals surface area contributed by atoms with Crippen LogP contribution in [0.15, 0.2) is 60.0 Å². The molecule has 3 heterocycles. The fourth-order valence-electron chi connectivity index (χ4n) is 3.03. The molecule has 0 unspecified atom stereocenters. The summed E-state index contributed by atoms with van der Waals surface area (Å²) in [6.45, 7) is -0.303. The molecule has 31 heavy (non-hydrogen) atoms. The standard InChI is InChI=1S/C20H18F3N5O2S/c21-20(22,23)13-28-17(15-6-8-24-9-7-15)25-26-18(28)31-16-10-27(11-16)19(29)30-12-14-4-2-1-3-5-14/h1-9,16H,10-13H2. The van der Waals surface area contributed by atoms with Crippen LogP contribution in [-0.2, 0) is 17.9 Å². The van der Waals surface area contributed by atoms with Gasteiger partial charge >= 0.3 is 12.3 Å². The number of thioether (sulfide) groups is 1. The van der Waals surface area contributed by atoms with E-state index in [-0.39, 0.29) is 22.8 Å². The average Bonchev–Trinajstić information content (AvgIpc) is 3.10. The number of amides is 1. The Bertz CT molecular complexity index is 1020. The van der Waals surface area contributed by atoms with E-state index in [2.05, 4.69) is 15.2 Å². The molecule has 1 aromatic carbocycles. The first-order valence-corrected chi connectivity index (χ1v) is 10.3. The Kier molecular flexibility index (Phi) is 6.12. The molecule has 1 aliphatic heterocycles. The van der Waals surface area contributed by atoms with Crippen molar-refractivity contribution >= 4 is 17.9 Å². The molecule has 0 saturated carbocycles. The summed E-state index contributed by atoms with van der Waals surface area (Å²) in [5.74, 6) is 0.126. The highest BCUT2D eigenvalue weighted by Crippen LogP contribution is 2.33. The fraction of sp³-hybridized carbons (Fsp3) is 0.300. The van der Waals surface area contributed by atoms with Gasteiger partial charge in [0.2, 0.25) is 0 Å². The highest BCUT2D eigenvalue weighted by molar-refractivity contribution is 7.99. The molecule has 0 radical (unpaired) electrons. The van der Waals surface area contributed by atoms with Crippen LogP contribution in [0.4, 0.5) is 18.0 Å². The van der Waals surface area contributed by atoms with E-state index >= 15 is 0 Å². The normalized spacial score (nSPS) is 14.4. The van der Waals surface area contributed by atoms with Gasteiger partial charge in [0.05, 0.1) is 0 Å². The van der Waals surface area contributed by atoms with Crippen LogP contribution in [0.3, 0.4) is 0 Å². The van der Waals surface area contributed by atoms with Gasteiger partial charge < -0.3 is 9.64 Å². The molecule has 4 rings (SSSR count). The zero-order valence-electron chi connectivity index (χ0n) is 16.2. The molecule has 162 valence electrons. The van der Waals surface area contributed by atoms with Gasteiger partial charge in [0.1, 0.15) is 13.2 Å². The minimum Gasteiger partial charge on any atom is -0.445 e. The van der Waals surface area contributed by atoms with Gasteiger partial charge in [-0.1, -0.05) is 42.1 Å². The largest absolute Gasteiger partial charge is 0.445 e. The first-order chi connectivity index (χ1) is 14.9. The molecular weight excluding hydrogens is 431 g/mol. The molecule has 0 aliphatic carbocycles. The molecule has 0 N–H and O–H groups in total. The summed E-state index contributed by atoms with van der Waals surface area (Å²) in [6, 6.07) is 12.5. The summed E-state index contributed by atoms with van der Waals surface area (Å²) < 4.78 is 45.8. The Labute approximate surface area is 180 Å². The van der Waals surface area contributed by atoms with E-state index in [1.54, 1.807) is 12.1 Å². The van der Waals surface area contributed by atoms with E-state index in [1.165, 1.54) is 29.1 Å². The minimum atomic E-state index is -4.42. The van der Waals surface area contributed by atoms with Crippen LogP contribution in [0.2, 0.25) is 0 Å². The van der Waals surface area contributed by atoms with Crippen molar-refractivity contribution in [3.63, 3.8) is 0 Å². The third kappa shape index (κ3) is 5.35. The van der Waals surface area contributed by atoms with Gasteiger partial charge in [-0.25, -0.2) is 4.79 Å². The van der Waals surface area contributed by atoms with Gasteiger partial charge in [0.15, 0.2) is 11.0 Å². The van der Waals surface area contributed by atoms with E-state index in [0.717, 1.165) is 10.1 Å². The van der Waals surface area contributed by atoms with Crippen molar-refractivity contribution in [3.8, 4) is 11.4 Å². The van der Waals surface area contributed by atoms with Crippen LogP contribution >= 0.6 is 11.8 Å². The van der Waals surface area contributed by atoms with Crippen molar-refractivity contribution in [1.29, 1.82) is 0 Å². The van der Waals surface area contributed by atoms with E-state index in [1.807, 2.05) is 30.3 Å². The van der Waals surface area contributed by atoms with Crippen LogP contribution in [0, 0.1) is 0 Å². The maximum absolute atomic E-state index is 13.2. The molecule has 1 saturated heterocycles. The van der Waals surface area contributed by atoms with Crippen molar-refractivity contribution < 1.29 is 22.7 Å². The molecule has 0 bridgehead atoms. The van der Waals surface area contributed by atoms with Crippen LogP contribution in [-0.4, -0.2) is 55.3 Å². The molecule has 0 atom stereocenters. The Morgan fingerprint density at radius 1 is 1.10 bits per heavy atom. The monoisotopic (exact) mass is 449 g/mol. The lowest BCUT2D eigenvalue weighted by molar-refractivity contribution is -0.141. The number of halogens is 3. The molecule has 3 aromatic rings. The summed E-state index contributed by atoms with van der Waals surface area (Å²) in [5, 5.41) is 7.99. The second kappa shape index (κ2) is 8.96. The number of carbonyl (C=O) groups is 1. The van der Waals surface area contributed by atoms with Gasteiger partial charge in [0, 0.05) is 36.3 Å². The van der Waals surface area contributed by atoms with Gasteiger partial charge in [-0.05, 0) is 17.7 Å². The highest BCUT2D eigenvalue weighted by atomic mass is 32.2. The molecule has 1 fully saturated rings. The number of rotatable bonds is 6. The van der Waals surface area contributed by atoms with Crippen molar-refractivity contribution in [3.05, 3.63) is 60.4 Å². The molecule has 11 heteroatoms. The SMILES string of the molecule is O=C(OCc1ccccc1)N1CC(Sc2nnc(-c3ccncc3)n2CC(F)(F)F)C1. The molecule has 7 nitrogen and oxygen atoms in total. The first-order valence-electron chi connectivity index (χ1n) is 9.42. The lowest BCUT2D eigenvalue weighted by Gasteiger charge is -2.37. The second-order valence-electron chi connectivity index (χ2n) is 6.93. The lowest BCUT2D eigenvalue weighted by atomic mass is 10.2. The summed E-state index contributed by atoms with van der Waals surface area (Å²) in [7, 11) is 0. The topological polar surface area (TPSA) is 73.1 Å². The number of pyridine rings is 1. The Balaban J connectivity index is 1.38. The number of benzene rings is 1. The van der Waals surface area contributed by atoms with Gasteiger partial charge in [-0.3, -0.25) is 9.55 Å². The molecule has 1 amide bonds. The van der Waals surface area contributed by atoms with E-state index in [4.69, 9.17) is 4.74 Å². The van der Waals surface area contributed by atoms with Crippen molar-refractivity contribution in [2.45, 2.75) is 29.7 Å². The fourth-order valence-corrected chi connectivity index (χ4v) is 4.21. The lowest BCUT2D eigenvalue weighted by Crippen LogP contribution is -2.52. The first kappa shape index (κ1) is 21.2. The van der Waals surface area contributed by atoms with Crippen molar-refractivity contribution in [2.75, 3.05) is 13.1 Å². The van der Waals surface area contributed by atoms with E-state index in [9.17, 15) is 18.0 Å². The summed E-state index contributed by atoms with van der Waals surface area (Å²) in [4.78, 5) is 17.5. The number of alkyl halides is 3. The molecule has 2 aromatic heterocycles. The second-order valence-corrected chi connectivity index (χ2v) is 8.20. The number of ether oxygens (including phenoxy) is 1. The number of likely N-dealkylation sites (tertiary alicyclic amines) is 1. The summed E-state index contributed by atoms with van der Waals surface area (Å²) in [5.41, 5.74) is 1.38. The van der Waals surface area contributed by atoms with Gasteiger partial charge in [0.25, 0.3) is 0 Å². The molecule has 0 spiro atoms. The number of hydrogen-bond acceptors (Lipinski definition) is 6. The number of hydrogen-bond donors (Lipinski definition) is 0.